The van der Waals surface area contributed by atoms with E-state index in [-0.39, 0.29) is 28.4 Å². The van der Waals surface area contributed by atoms with Crippen LogP contribution in [-0.4, -0.2) is 16.9 Å². The van der Waals surface area contributed by atoms with Crippen LogP contribution >= 0.6 is 0 Å². The number of hydrogen-bond acceptors (Lipinski definition) is 3. The Labute approximate surface area is 114 Å². The van der Waals surface area contributed by atoms with Crippen molar-refractivity contribution in [1.82, 2.24) is 0 Å². The molecule has 0 heterocycles. The van der Waals surface area contributed by atoms with E-state index in [2.05, 4.69) is 0 Å². The molecule has 0 spiro atoms. The maximum absolute atomic E-state index is 13.8. The van der Waals surface area contributed by atoms with Gasteiger partial charge in [0.25, 0.3) is 0 Å². The van der Waals surface area contributed by atoms with Crippen LogP contribution in [0.5, 0.6) is 11.5 Å². The lowest BCUT2D eigenvalue weighted by Gasteiger charge is -2.09. The van der Waals surface area contributed by atoms with E-state index in [9.17, 15) is 14.0 Å². The zero-order valence-electron chi connectivity index (χ0n) is 10.6. The SMILES string of the molecule is CC(=O)c1ccc(Oc2ccccc2C(=O)O)c(F)c1. The normalized spacial score (nSPS) is 10.1. The lowest BCUT2D eigenvalue weighted by atomic mass is 10.1. The molecule has 0 radical (unpaired) electrons. The van der Waals surface area contributed by atoms with E-state index in [0.717, 1.165) is 6.07 Å². The van der Waals surface area contributed by atoms with Crippen molar-refractivity contribution in [1.29, 1.82) is 0 Å². The average molecular weight is 274 g/mol. The first-order chi connectivity index (χ1) is 9.49. The fraction of sp³-hybridized carbons (Fsp3) is 0.0667. The number of carbonyl (C=O) groups excluding carboxylic acids is 1. The molecule has 0 amide bonds. The Hall–Kier alpha value is -2.69. The molecule has 0 bridgehead atoms. The number of carboxylic acids is 1. The largest absolute Gasteiger partial charge is 0.478 e. The molecule has 0 unspecified atom stereocenters. The molecule has 0 aliphatic rings. The second-order valence-electron chi connectivity index (χ2n) is 4.10. The number of ketones is 1. The van der Waals surface area contributed by atoms with Crippen LogP contribution in [0.25, 0.3) is 0 Å². The Morgan fingerprint density at radius 2 is 1.80 bits per heavy atom. The molecule has 0 atom stereocenters. The highest BCUT2D eigenvalue weighted by Crippen LogP contribution is 2.28. The molecule has 5 heteroatoms. The number of ether oxygens (including phenoxy) is 1. The zero-order valence-corrected chi connectivity index (χ0v) is 10.6. The van der Waals surface area contributed by atoms with Gasteiger partial charge in [-0.1, -0.05) is 12.1 Å². The number of hydrogen-bond donors (Lipinski definition) is 1. The minimum Gasteiger partial charge on any atom is -0.478 e. The molecule has 1 N–H and O–H groups in total. The molecule has 0 fully saturated rings. The van der Waals surface area contributed by atoms with E-state index in [4.69, 9.17) is 9.84 Å². The van der Waals surface area contributed by atoms with E-state index in [1.807, 2.05) is 0 Å². The summed E-state index contributed by atoms with van der Waals surface area (Å²) in [6.45, 7) is 1.33. The second-order valence-corrected chi connectivity index (χ2v) is 4.10. The van der Waals surface area contributed by atoms with Crippen LogP contribution in [-0.2, 0) is 0 Å². The molecule has 0 saturated carbocycles. The monoisotopic (exact) mass is 274 g/mol. The molecule has 0 saturated heterocycles. The first-order valence-electron chi connectivity index (χ1n) is 5.79. The summed E-state index contributed by atoms with van der Waals surface area (Å²) < 4.78 is 19.1. The van der Waals surface area contributed by atoms with Crippen LogP contribution in [0.2, 0.25) is 0 Å². The molecular weight excluding hydrogens is 263 g/mol. The Kier molecular flexibility index (Phi) is 3.79. The number of rotatable bonds is 4. The van der Waals surface area contributed by atoms with Crippen LogP contribution in [0.4, 0.5) is 4.39 Å². The summed E-state index contributed by atoms with van der Waals surface area (Å²) in [7, 11) is 0. The number of aromatic carboxylic acids is 1. The molecule has 0 aliphatic heterocycles. The van der Waals surface area contributed by atoms with E-state index in [1.165, 1.54) is 31.2 Å². The van der Waals surface area contributed by atoms with Gasteiger partial charge in [0, 0.05) is 5.56 Å². The van der Waals surface area contributed by atoms with Crippen LogP contribution in [0, 0.1) is 5.82 Å². The van der Waals surface area contributed by atoms with Crippen molar-refractivity contribution in [3.63, 3.8) is 0 Å². The van der Waals surface area contributed by atoms with E-state index < -0.39 is 11.8 Å². The molecule has 4 nitrogen and oxygen atoms in total. The van der Waals surface area contributed by atoms with E-state index in [1.54, 1.807) is 12.1 Å². The van der Waals surface area contributed by atoms with E-state index in [0.29, 0.717) is 0 Å². The Balaban J connectivity index is 2.36. The summed E-state index contributed by atoms with van der Waals surface area (Å²) in [5, 5.41) is 9.01. The predicted molar refractivity (Wildman–Crippen MR) is 69.9 cm³/mol. The lowest BCUT2D eigenvalue weighted by molar-refractivity contribution is 0.0694. The first-order valence-corrected chi connectivity index (χ1v) is 5.79. The fourth-order valence-electron chi connectivity index (χ4n) is 1.65. The minimum absolute atomic E-state index is 0.0366. The minimum atomic E-state index is -1.17. The third-order valence-corrected chi connectivity index (χ3v) is 2.68. The fourth-order valence-corrected chi connectivity index (χ4v) is 1.65. The maximum atomic E-state index is 13.8. The third kappa shape index (κ3) is 2.83. The molecule has 2 rings (SSSR count). The highest BCUT2D eigenvalue weighted by atomic mass is 19.1. The highest BCUT2D eigenvalue weighted by Gasteiger charge is 2.14. The van der Waals surface area contributed by atoms with Crippen LogP contribution in [0.3, 0.4) is 0 Å². The van der Waals surface area contributed by atoms with Crippen molar-refractivity contribution >= 4 is 11.8 Å². The van der Waals surface area contributed by atoms with Gasteiger partial charge < -0.3 is 9.84 Å². The second kappa shape index (κ2) is 5.52. The summed E-state index contributed by atoms with van der Waals surface area (Å²) in [4.78, 5) is 22.1. The van der Waals surface area contributed by atoms with Gasteiger partial charge in [-0.3, -0.25) is 4.79 Å². The number of benzene rings is 2. The number of halogens is 1. The number of Topliss-reactive ketones (excluding diaryl/α,β-unsaturated/α-hetero) is 1. The summed E-state index contributed by atoms with van der Waals surface area (Å²) in [6.07, 6.45) is 0. The zero-order chi connectivity index (χ0) is 14.7. The van der Waals surface area contributed by atoms with Gasteiger partial charge in [-0.15, -0.1) is 0 Å². The van der Waals surface area contributed by atoms with Gasteiger partial charge in [-0.05, 0) is 37.3 Å². The molecule has 2 aromatic carbocycles. The van der Waals surface area contributed by atoms with Gasteiger partial charge in [-0.25, -0.2) is 9.18 Å². The summed E-state index contributed by atoms with van der Waals surface area (Å²) in [6, 6.07) is 9.70. The van der Waals surface area contributed by atoms with Crippen molar-refractivity contribution in [2.45, 2.75) is 6.92 Å². The van der Waals surface area contributed by atoms with Gasteiger partial charge in [0.2, 0.25) is 0 Å². The van der Waals surface area contributed by atoms with Gasteiger partial charge in [0.1, 0.15) is 11.3 Å². The average Bonchev–Trinajstić information content (AvgIpc) is 2.41. The topological polar surface area (TPSA) is 63.6 Å². The molecule has 0 aliphatic carbocycles. The summed E-state index contributed by atoms with van der Waals surface area (Å²) in [5.41, 5.74) is 0.156. The number of para-hydroxylation sites is 1. The van der Waals surface area contributed by atoms with Crippen molar-refractivity contribution < 1.29 is 23.8 Å². The number of carbonyl (C=O) groups is 2. The number of carboxylic acid groups (broad SMARTS) is 1. The quantitative estimate of drug-likeness (QED) is 0.866. The first kappa shape index (κ1) is 13.7. The lowest BCUT2D eigenvalue weighted by Crippen LogP contribution is -2.01. The maximum Gasteiger partial charge on any atom is 0.339 e. The summed E-state index contributed by atoms with van der Waals surface area (Å²) in [5.74, 6) is -2.25. The van der Waals surface area contributed by atoms with Crippen LogP contribution in [0.15, 0.2) is 42.5 Å². The third-order valence-electron chi connectivity index (χ3n) is 2.68. The Morgan fingerprint density at radius 3 is 2.40 bits per heavy atom. The van der Waals surface area contributed by atoms with Crippen LogP contribution in [0.1, 0.15) is 27.6 Å². The van der Waals surface area contributed by atoms with E-state index >= 15 is 0 Å². The smallest absolute Gasteiger partial charge is 0.339 e. The van der Waals surface area contributed by atoms with Gasteiger partial charge in [-0.2, -0.15) is 0 Å². The summed E-state index contributed by atoms with van der Waals surface area (Å²) >= 11 is 0. The highest BCUT2D eigenvalue weighted by molar-refractivity contribution is 5.94. The van der Waals surface area contributed by atoms with Crippen molar-refractivity contribution in [2.24, 2.45) is 0 Å². The molecule has 0 aromatic heterocycles. The predicted octanol–water partition coefficient (Wildman–Crippen LogP) is 3.52. The Morgan fingerprint density at radius 1 is 1.10 bits per heavy atom. The van der Waals surface area contributed by atoms with Crippen molar-refractivity contribution in [2.75, 3.05) is 0 Å². The Bertz CT molecular complexity index is 679. The van der Waals surface area contributed by atoms with Crippen LogP contribution < -0.4 is 4.74 Å². The van der Waals surface area contributed by atoms with Gasteiger partial charge in [0.15, 0.2) is 17.3 Å². The molecule has 2 aromatic rings. The van der Waals surface area contributed by atoms with Gasteiger partial charge in [0.05, 0.1) is 0 Å². The van der Waals surface area contributed by atoms with Crippen molar-refractivity contribution in [3.8, 4) is 11.5 Å². The molecular formula is C15H11FO4. The molecule has 102 valence electrons. The van der Waals surface area contributed by atoms with Gasteiger partial charge >= 0.3 is 5.97 Å². The molecule has 20 heavy (non-hydrogen) atoms. The van der Waals surface area contributed by atoms with Crippen molar-refractivity contribution in [3.05, 3.63) is 59.4 Å². The standard InChI is InChI=1S/C15H11FO4/c1-9(17)10-6-7-14(12(16)8-10)20-13-5-3-2-4-11(13)15(18)19/h2-8H,1H3,(H,18,19).